The van der Waals surface area contributed by atoms with Gasteiger partial charge in [-0.05, 0) is 81.8 Å². The molecule has 0 saturated heterocycles. The molecular formula is C20H26F2O. The molecular weight excluding hydrogens is 294 g/mol. The number of halogens is 2. The van der Waals surface area contributed by atoms with E-state index in [0.29, 0.717) is 24.0 Å². The summed E-state index contributed by atoms with van der Waals surface area (Å²) in [6.45, 7) is 5.93. The van der Waals surface area contributed by atoms with E-state index in [1.165, 1.54) is 31.7 Å². The molecule has 0 aromatic heterocycles. The van der Waals surface area contributed by atoms with Crippen LogP contribution in [0.5, 0.6) is 5.75 Å². The highest BCUT2D eigenvalue weighted by Crippen LogP contribution is 2.32. The Morgan fingerprint density at radius 1 is 1.09 bits per heavy atom. The van der Waals surface area contributed by atoms with Crippen molar-refractivity contribution in [1.29, 1.82) is 0 Å². The van der Waals surface area contributed by atoms with Crippen LogP contribution in [0.3, 0.4) is 0 Å². The molecule has 3 heteroatoms. The van der Waals surface area contributed by atoms with Crippen molar-refractivity contribution in [3.05, 3.63) is 54.8 Å². The van der Waals surface area contributed by atoms with Gasteiger partial charge in [-0.15, -0.1) is 6.58 Å². The molecule has 0 N–H and O–H groups in total. The van der Waals surface area contributed by atoms with Gasteiger partial charge in [0.15, 0.2) is 11.6 Å². The smallest absolute Gasteiger partial charge is 0.200 e. The Balaban J connectivity index is 1.74. The van der Waals surface area contributed by atoms with Crippen LogP contribution in [0.15, 0.2) is 24.8 Å². The standard InChI is InChI=1S/C20H26F2O/c1-3-15-9-11-16(12-10-15)7-5-6-8-17-13-14-18(23-4-2)20(22)19(17)21/h3,7-8,13-16H,1,4-6,9-12H2,2H3/t15-,16-. The Labute approximate surface area is 138 Å². The number of ether oxygens (including phenoxy) is 1. The van der Waals surface area contributed by atoms with Gasteiger partial charge in [0.25, 0.3) is 0 Å². The lowest BCUT2D eigenvalue weighted by Gasteiger charge is -2.26. The molecule has 0 unspecified atom stereocenters. The second kappa shape index (κ2) is 9.05. The quantitative estimate of drug-likeness (QED) is 0.428. The Bertz CT molecular complexity index is 505. The zero-order valence-corrected chi connectivity index (χ0v) is 13.9. The van der Waals surface area contributed by atoms with E-state index in [-0.39, 0.29) is 5.75 Å². The molecule has 0 spiro atoms. The van der Waals surface area contributed by atoms with Crippen LogP contribution in [0.25, 0.3) is 0 Å². The van der Waals surface area contributed by atoms with Crippen molar-refractivity contribution < 1.29 is 13.5 Å². The fourth-order valence-corrected chi connectivity index (χ4v) is 3.16. The predicted molar refractivity (Wildman–Crippen MR) is 90.1 cm³/mol. The maximum Gasteiger partial charge on any atom is 0.200 e. The topological polar surface area (TPSA) is 9.23 Å². The van der Waals surface area contributed by atoms with Gasteiger partial charge in [0.05, 0.1) is 6.61 Å². The summed E-state index contributed by atoms with van der Waals surface area (Å²) in [6, 6.07) is 3.08. The molecule has 2 rings (SSSR count). The average molecular weight is 320 g/mol. The lowest BCUT2D eigenvalue weighted by Crippen LogP contribution is -2.13. The summed E-state index contributed by atoms with van der Waals surface area (Å²) in [5.41, 5.74) is 0.315. The average Bonchev–Trinajstić information content (AvgIpc) is 2.58. The highest BCUT2D eigenvalue weighted by atomic mass is 19.2. The first-order chi connectivity index (χ1) is 11.2. The van der Waals surface area contributed by atoms with Gasteiger partial charge in [0.2, 0.25) is 5.82 Å². The van der Waals surface area contributed by atoms with Gasteiger partial charge in [0.1, 0.15) is 0 Å². The number of rotatable bonds is 8. The summed E-state index contributed by atoms with van der Waals surface area (Å²) in [6.07, 6.45) is 12.6. The van der Waals surface area contributed by atoms with E-state index in [9.17, 15) is 8.78 Å². The van der Waals surface area contributed by atoms with E-state index in [1.54, 1.807) is 19.4 Å². The van der Waals surface area contributed by atoms with Crippen LogP contribution in [-0.4, -0.2) is 6.61 Å². The van der Waals surface area contributed by atoms with Crippen LogP contribution in [0.1, 0.15) is 51.0 Å². The summed E-state index contributed by atoms with van der Waals surface area (Å²) < 4.78 is 32.8. The van der Waals surface area contributed by atoms with Crippen molar-refractivity contribution in [2.75, 3.05) is 6.61 Å². The van der Waals surface area contributed by atoms with Crippen molar-refractivity contribution in [2.24, 2.45) is 11.8 Å². The molecule has 0 amide bonds. The van der Waals surface area contributed by atoms with E-state index in [4.69, 9.17) is 4.74 Å². The molecule has 0 aliphatic heterocycles. The normalized spacial score (nSPS) is 21.2. The third-order valence-corrected chi connectivity index (χ3v) is 4.56. The molecule has 0 heterocycles. The second-order valence-electron chi connectivity index (χ2n) is 6.14. The fourth-order valence-electron chi connectivity index (χ4n) is 3.16. The molecule has 0 atom stereocenters. The molecule has 23 heavy (non-hydrogen) atoms. The zero-order chi connectivity index (χ0) is 16.7. The third-order valence-electron chi connectivity index (χ3n) is 4.56. The summed E-state index contributed by atoms with van der Waals surface area (Å²) in [4.78, 5) is 0. The van der Waals surface area contributed by atoms with E-state index in [0.717, 1.165) is 12.8 Å². The lowest BCUT2D eigenvalue weighted by molar-refractivity contribution is 0.313. The zero-order valence-electron chi connectivity index (χ0n) is 13.9. The maximum absolute atomic E-state index is 13.9. The summed E-state index contributed by atoms with van der Waals surface area (Å²) in [7, 11) is 0. The minimum Gasteiger partial charge on any atom is -0.491 e. The van der Waals surface area contributed by atoms with Crippen molar-refractivity contribution in [3.63, 3.8) is 0 Å². The second-order valence-corrected chi connectivity index (χ2v) is 6.14. The summed E-state index contributed by atoms with van der Waals surface area (Å²) in [5, 5.41) is 0. The van der Waals surface area contributed by atoms with Gasteiger partial charge in [-0.2, -0.15) is 4.39 Å². The van der Waals surface area contributed by atoms with Crippen LogP contribution in [-0.2, 0) is 0 Å². The number of unbranched alkanes of at least 4 members (excludes halogenated alkanes) is 1. The highest BCUT2D eigenvalue weighted by molar-refractivity contribution is 5.34. The molecule has 0 bridgehead atoms. The molecule has 1 aromatic rings. The predicted octanol–water partition coefficient (Wildman–Crippen LogP) is 5.89. The minimum atomic E-state index is -0.896. The minimum absolute atomic E-state index is 0.0207. The number of hydrogen-bond donors (Lipinski definition) is 0. The van der Waals surface area contributed by atoms with Crippen molar-refractivity contribution in [2.45, 2.75) is 45.4 Å². The van der Waals surface area contributed by atoms with Crippen molar-refractivity contribution in [1.82, 2.24) is 0 Å². The first-order valence-electron chi connectivity index (χ1n) is 8.55. The first-order valence-corrected chi connectivity index (χ1v) is 8.55. The maximum atomic E-state index is 13.9. The molecule has 1 saturated carbocycles. The van der Waals surface area contributed by atoms with Crippen LogP contribution in [0.4, 0.5) is 8.78 Å². The highest BCUT2D eigenvalue weighted by Gasteiger charge is 2.19. The monoisotopic (exact) mass is 320 g/mol. The van der Waals surface area contributed by atoms with E-state index < -0.39 is 11.6 Å². The Kier molecular flexibility index (Phi) is 7.07. The van der Waals surface area contributed by atoms with Crippen LogP contribution in [0, 0.1) is 36.3 Å². The largest absolute Gasteiger partial charge is 0.491 e. The molecule has 1 fully saturated rings. The molecule has 1 aliphatic carbocycles. The number of allylic oxidation sites excluding steroid dienone is 1. The van der Waals surface area contributed by atoms with Gasteiger partial charge < -0.3 is 4.74 Å². The molecule has 2 radical (unpaired) electrons. The van der Waals surface area contributed by atoms with Gasteiger partial charge in [-0.25, -0.2) is 4.39 Å². The molecule has 1 nitrogen and oxygen atoms in total. The van der Waals surface area contributed by atoms with Crippen LogP contribution >= 0.6 is 0 Å². The fraction of sp³-hybridized carbons (Fsp3) is 0.500. The van der Waals surface area contributed by atoms with Gasteiger partial charge in [-0.3, -0.25) is 0 Å². The van der Waals surface area contributed by atoms with Crippen molar-refractivity contribution >= 4 is 0 Å². The van der Waals surface area contributed by atoms with Gasteiger partial charge >= 0.3 is 0 Å². The first kappa shape index (κ1) is 18.0. The molecule has 1 aliphatic rings. The third kappa shape index (κ3) is 5.05. The van der Waals surface area contributed by atoms with Crippen LogP contribution < -0.4 is 4.74 Å². The van der Waals surface area contributed by atoms with Gasteiger partial charge in [-0.1, -0.05) is 12.1 Å². The van der Waals surface area contributed by atoms with E-state index in [2.05, 4.69) is 19.1 Å². The molecule has 126 valence electrons. The van der Waals surface area contributed by atoms with E-state index >= 15 is 0 Å². The Hall–Kier alpha value is -1.38. The summed E-state index contributed by atoms with van der Waals surface area (Å²) >= 11 is 0. The lowest BCUT2D eigenvalue weighted by atomic mass is 9.80. The summed E-state index contributed by atoms with van der Waals surface area (Å²) in [5.74, 6) is -0.406. The van der Waals surface area contributed by atoms with Crippen molar-refractivity contribution in [3.8, 4) is 5.75 Å². The number of benzene rings is 1. The van der Waals surface area contributed by atoms with Crippen LogP contribution in [0.2, 0.25) is 0 Å². The Morgan fingerprint density at radius 3 is 2.43 bits per heavy atom. The van der Waals surface area contributed by atoms with E-state index in [1.807, 2.05) is 0 Å². The Morgan fingerprint density at radius 2 is 1.78 bits per heavy atom. The number of hydrogen-bond acceptors (Lipinski definition) is 1. The molecule has 1 aromatic carbocycles. The SMILES string of the molecule is C=C[C@H]1CC[C@H]([CH]CC[CH]c2ccc(OCC)c(F)c2F)CC1. The van der Waals surface area contributed by atoms with Gasteiger partial charge in [0, 0.05) is 0 Å².